The lowest BCUT2D eigenvalue weighted by molar-refractivity contribution is -0.145. The lowest BCUT2D eigenvalue weighted by Gasteiger charge is -2.38. The molecule has 1 unspecified atom stereocenters. The second-order valence-electron chi connectivity index (χ2n) is 13.9. The van der Waals surface area contributed by atoms with Crippen molar-refractivity contribution in [3.05, 3.63) is 0 Å². The van der Waals surface area contributed by atoms with Crippen molar-refractivity contribution in [2.45, 2.75) is 105 Å². The van der Waals surface area contributed by atoms with E-state index in [2.05, 4.69) is 29.8 Å². The predicted octanol–water partition coefficient (Wildman–Crippen LogP) is 1.71. The van der Waals surface area contributed by atoms with Crippen LogP contribution >= 0.6 is 0 Å². The van der Waals surface area contributed by atoms with Gasteiger partial charge in [0.25, 0.3) is 5.91 Å². The summed E-state index contributed by atoms with van der Waals surface area (Å²) < 4.78 is 0. The third-order valence-corrected chi connectivity index (χ3v) is 8.31. The minimum Gasteiger partial charge on any atom is -0.363 e. The van der Waals surface area contributed by atoms with Gasteiger partial charge in [-0.15, -0.1) is 0 Å². The van der Waals surface area contributed by atoms with E-state index in [4.69, 9.17) is 5.73 Å². The summed E-state index contributed by atoms with van der Waals surface area (Å²) in [6.45, 7) is 15.7. The summed E-state index contributed by atoms with van der Waals surface area (Å²) in [5, 5.41) is 8.44. The molecule has 0 radical (unpaired) electrons. The lowest BCUT2D eigenvalue weighted by atomic mass is 9.80. The molecule has 0 bridgehead atoms. The second kappa shape index (κ2) is 9.91. The fourth-order valence-corrected chi connectivity index (χ4v) is 5.86. The number of Topliss-reactive ketones (excluding diaryl/α,β-unsaturated/α-hetero) is 1. The lowest BCUT2D eigenvalue weighted by Crippen LogP contribution is -2.62. The summed E-state index contributed by atoms with van der Waals surface area (Å²) in [4.78, 5) is 66.1. The van der Waals surface area contributed by atoms with Crippen LogP contribution in [0.2, 0.25) is 0 Å². The maximum atomic E-state index is 13.9. The van der Waals surface area contributed by atoms with Gasteiger partial charge in [-0.25, -0.2) is 4.79 Å². The normalized spacial score (nSPS) is 26.3. The number of primary amides is 1. The number of rotatable bonds is 8. The molecule has 0 spiro atoms. The molecule has 5 amide bonds. The Balaban J connectivity index is 1.83. The number of likely N-dealkylation sites (tertiary alicyclic amines) is 1. The molecule has 3 aliphatic rings. The maximum Gasteiger partial charge on any atom is 0.315 e. The number of ketones is 1. The zero-order valence-electron chi connectivity index (χ0n) is 23.6. The first-order chi connectivity index (χ1) is 16.8. The molecule has 10 heteroatoms. The van der Waals surface area contributed by atoms with Gasteiger partial charge in [-0.05, 0) is 55.8 Å². The van der Waals surface area contributed by atoms with E-state index in [0.29, 0.717) is 13.0 Å². The van der Waals surface area contributed by atoms with Gasteiger partial charge in [-0.2, -0.15) is 0 Å². The van der Waals surface area contributed by atoms with E-state index in [1.54, 1.807) is 4.90 Å². The van der Waals surface area contributed by atoms with Gasteiger partial charge >= 0.3 is 6.03 Å². The van der Waals surface area contributed by atoms with Crippen LogP contribution in [0.1, 0.15) is 81.1 Å². The maximum absolute atomic E-state index is 13.9. The molecule has 10 nitrogen and oxygen atoms in total. The number of nitrogens with two attached hydrogens (primary N) is 1. The average molecular weight is 520 g/mol. The van der Waals surface area contributed by atoms with E-state index in [-0.39, 0.29) is 29.1 Å². The van der Waals surface area contributed by atoms with Crippen LogP contribution in [-0.2, 0) is 19.2 Å². The number of nitrogens with zero attached hydrogens (tertiary/aromatic N) is 1. The molecule has 0 aromatic carbocycles. The van der Waals surface area contributed by atoms with E-state index in [9.17, 15) is 24.0 Å². The quantitative estimate of drug-likeness (QED) is 0.360. The Bertz CT molecular complexity index is 959. The van der Waals surface area contributed by atoms with Gasteiger partial charge in [0, 0.05) is 12.1 Å². The summed E-state index contributed by atoms with van der Waals surface area (Å²) in [7, 11) is 0. The van der Waals surface area contributed by atoms with Crippen molar-refractivity contribution < 1.29 is 24.0 Å². The molecule has 3 rings (SSSR count). The van der Waals surface area contributed by atoms with Crippen molar-refractivity contribution in [2.75, 3.05) is 6.54 Å². The molecular weight excluding hydrogens is 474 g/mol. The molecule has 1 aliphatic heterocycles. The fourth-order valence-electron chi connectivity index (χ4n) is 5.86. The number of hydrogen-bond acceptors (Lipinski definition) is 5. The Morgan fingerprint density at radius 1 is 1.00 bits per heavy atom. The van der Waals surface area contributed by atoms with Gasteiger partial charge in [-0.3, -0.25) is 19.2 Å². The third kappa shape index (κ3) is 6.26. The van der Waals surface area contributed by atoms with Crippen LogP contribution in [0.5, 0.6) is 0 Å². The molecule has 1 heterocycles. The highest BCUT2D eigenvalue weighted by Crippen LogP contribution is 2.65. The molecule has 3 fully saturated rings. The fraction of sp³-hybridized carbons (Fsp3) is 0.815. The van der Waals surface area contributed by atoms with Crippen LogP contribution < -0.4 is 21.7 Å². The molecule has 2 saturated carbocycles. The van der Waals surface area contributed by atoms with Crippen molar-refractivity contribution in [1.82, 2.24) is 20.9 Å². The number of carbonyl (C=O) groups excluding carboxylic acids is 5. The van der Waals surface area contributed by atoms with Gasteiger partial charge in [-0.1, -0.05) is 53.9 Å². The molecule has 5 atom stereocenters. The number of fused-ring (bicyclic) bond motifs is 1. The minimum atomic E-state index is -1.07. The molecule has 1 saturated heterocycles. The van der Waals surface area contributed by atoms with E-state index in [1.807, 2.05) is 41.5 Å². The number of piperidine rings is 1. The van der Waals surface area contributed by atoms with Crippen molar-refractivity contribution in [2.24, 2.45) is 34.3 Å². The molecular formula is C27H45N5O5. The highest BCUT2D eigenvalue weighted by molar-refractivity contribution is 6.37. The standard InChI is InChI=1S/C27H45N5O5/c1-25(2,3)20(30-24(37)31-26(4,5)6)23(36)32-13-15-17(27(15,7)8)18(32)22(35)29-16(19(33)21(28)34)12-14-10-9-11-14/h14-18,20H,9-13H2,1-8H3,(H2,28,34)(H,29,35)(H2,30,31,37)/t15?,16-,17+,18+,20-/m1/s1. The number of urea groups is 1. The number of nitrogens with one attached hydrogen (secondary N) is 3. The Hall–Kier alpha value is -2.65. The zero-order valence-corrected chi connectivity index (χ0v) is 23.6. The number of amides is 5. The van der Waals surface area contributed by atoms with Crippen molar-refractivity contribution in [1.29, 1.82) is 0 Å². The summed E-state index contributed by atoms with van der Waals surface area (Å²) in [6, 6.07) is -3.13. The van der Waals surface area contributed by atoms with Gasteiger partial charge in [0.2, 0.25) is 17.6 Å². The molecule has 208 valence electrons. The van der Waals surface area contributed by atoms with E-state index >= 15 is 0 Å². The van der Waals surface area contributed by atoms with Gasteiger partial charge in [0.05, 0.1) is 6.04 Å². The van der Waals surface area contributed by atoms with Crippen LogP contribution in [0.15, 0.2) is 0 Å². The highest BCUT2D eigenvalue weighted by Gasteiger charge is 2.70. The van der Waals surface area contributed by atoms with Gasteiger partial charge < -0.3 is 26.6 Å². The Morgan fingerprint density at radius 3 is 2.05 bits per heavy atom. The Morgan fingerprint density at radius 2 is 1.59 bits per heavy atom. The van der Waals surface area contributed by atoms with Crippen molar-refractivity contribution >= 4 is 29.5 Å². The van der Waals surface area contributed by atoms with E-state index in [1.165, 1.54) is 0 Å². The first-order valence-electron chi connectivity index (χ1n) is 13.4. The summed E-state index contributed by atoms with van der Waals surface area (Å²) >= 11 is 0. The molecule has 5 N–H and O–H groups in total. The van der Waals surface area contributed by atoms with Crippen LogP contribution in [0, 0.1) is 28.6 Å². The first kappa shape index (κ1) is 28.9. The van der Waals surface area contributed by atoms with Gasteiger partial charge in [0.15, 0.2) is 0 Å². The van der Waals surface area contributed by atoms with Gasteiger partial charge in [0.1, 0.15) is 12.1 Å². The second-order valence-corrected chi connectivity index (χ2v) is 13.9. The predicted molar refractivity (Wildman–Crippen MR) is 139 cm³/mol. The monoisotopic (exact) mass is 519 g/mol. The summed E-state index contributed by atoms with van der Waals surface area (Å²) in [5.74, 6) is -2.35. The van der Waals surface area contributed by atoms with E-state index in [0.717, 1.165) is 19.3 Å². The topological polar surface area (TPSA) is 151 Å². The SMILES string of the molecule is CC(C)(C)NC(=O)N[C@H](C(=O)N1CC2[C@@H]([C@H]1C(=O)N[C@H](CC1CCC1)C(=O)C(N)=O)C2(C)C)C(C)(C)C. The molecule has 2 aliphatic carbocycles. The van der Waals surface area contributed by atoms with Crippen molar-refractivity contribution in [3.63, 3.8) is 0 Å². The highest BCUT2D eigenvalue weighted by atomic mass is 16.2. The summed E-state index contributed by atoms with van der Waals surface area (Å²) in [5.41, 5.74) is 4.04. The Kier molecular flexibility index (Phi) is 7.74. The van der Waals surface area contributed by atoms with E-state index < -0.39 is 52.7 Å². The molecule has 37 heavy (non-hydrogen) atoms. The number of hydrogen-bond donors (Lipinski definition) is 4. The van der Waals surface area contributed by atoms with Crippen LogP contribution in [0.25, 0.3) is 0 Å². The zero-order chi connectivity index (χ0) is 28.1. The minimum absolute atomic E-state index is 0.0755. The average Bonchev–Trinajstić information content (AvgIpc) is 3.06. The first-order valence-corrected chi connectivity index (χ1v) is 13.4. The third-order valence-electron chi connectivity index (χ3n) is 8.31. The van der Waals surface area contributed by atoms with Crippen LogP contribution in [-0.4, -0.2) is 64.6 Å². The summed E-state index contributed by atoms with van der Waals surface area (Å²) in [6.07, 6.45) is 3.31. The molecule has 0 aromatic rings. The smallest absolute Gasteiger partial charge is 0.315 e. The Labute approximate surface area is 220 Å². The van der Waals surface area contributed by atoms with Crippen LogP contribution in [0.3, 0.4) is 0 Å². The number of carbonyl (C=O) groups is 5. The van der Waals surface area contributed by atoms with Crippen LogP contribution in [0.4, 0.5) is 4.79 Å². The molecule has 0 aromatic heterocycles. The largest absolute Gasteiger partial charge is 0.363 e. The van der Waals surface area contributed by atoms with Crippen molar-refractivity contribution in [3.8, 4) is 0 Å².